The first kappa shape index (κ1) is 24.4. The van der Waals surface area contributed by atoms with E-state index in [0.29, 0.717) is 42.9 Å². The number of rotatable bonds is 6. The molecule has 1 saturated heterocycles. The van der Waals surface area contributed by atoms with Gasteiger partial charge >= 0.3 is 5.97 Å². The van der Waals surface area contributed by atoms with Crippen molar-refractivity contribution in [1.29, 1.82) is 0 Å². The Hall–Kier alpha value is -1.88. The summed E-state index contributed by atoms with van der Waals surface area (Å²) >= 11 is 6.01. The number of nitrogens with one attached hydrogen (secondary N) is 1. The Bertz CT molecular complexity index is 860. The van der Waals surface area contributed by atoms with Crippen molar-refractivity contribution in [2.24, 2.45) is 10.9 Å². The number of piperidine rings is 1. The van der Waals surface area contributed by atoms with Crippen LogP contribution < -0.4 is 5.32 Å². The van der Waals surface area contributed by atoms with Gasteiger partial charge in [0.05, 0.1) is 12.5 Å². The smallest absolute Gasteiger partial charge is 0.310 e. The molecule has 1 unspecified atom stereocenters. The third kappa shape index (κ3) is 6.56. The molecule has 3 rings (SSSR count). The van der Waals surface area contributed by atoms with Gasteiger partial charge in [-0.25, -0.2) is 0 Å². The molecule has 1 aliphatic rings. The highest BCUT2D eigenvalue weighted by molar-refractivity contribution is 14.0. The predicted octanol–water partition coefficient (Wildman–Crippen LogP) is 3.40. The average molecular weight is 548 g/mol. The van der Waals surface area contributed by atoms with E-state index >= 15 is 0 Å². The number of esters is 1. The van der Waals surface area contributed by atoms with Gasteiger partial charge in [0.25, 0.3) is 0 Å². The number of aromatic nitrogens is 2. The van der Waals surface area contributed by atoms with Gasteiger partial charge in [-0.3, -0.25) is 9.79 Å². The van der Waals surface area contributed by atoms with Gasteiger partial charge in [0, 0.05) is 43.7 Å². The number of carbonyl (C=O) groups excluding carboxylic acids is 1. The maximum atomic E-state index is 12.0. The van der Waals surface area contributed by atoms with Crippen molar-refractivity contribution in [3.8, 4) is 11.4 Å². The molecule has 1 fully saturated rings. The zero-order valence-corrected chi connectivity index (χ0v) is 20.2. The second kappa shape index (κ2) is 12.1. The van der Waals surface area contributed by atoms with Gasteiger partial charge in [-0.05, 0) is 31.9 Å². The standard InChI is InChI=1S/C20H26ClN5O3.HI/c1-3-28-19(27)15-7-5-11-26(13-15)20(22-2)23-10-9-17-24-18(25-29-17)14-6-4-8-16(21)12-14;/h4,6,8,12,15H,3,5,7,9-11,13H2,1-2H3,(H,22,23);1H. The highest BCUT2D eigenvalue weighted by Crippen LogP contribution is 2.20. The van der Waals surface area contributed by atoms with Gasteiger partial charge in [-0.2, -0.15) is 4.98 Å². The molecule has 30 heavy (non-hydrogen) atoms. The minimum Gasteiger partial charge on any atom is -0.466 e. The summed E-state index contributed by atoms with van der Waals surface area (Å²) in [5, 5.41) is 7.96. The Morgan fingerprint density at radius 2 is 2.30 bits per heavy atom. The zero-order valence-electron chi connectivity index (χ0n) is 17.1. The van der Waals surface area contributed by atoms with Crippen LogP contribution in [0.5, 0.6) is 0 Å². The summed E-state index contributed by atoms with van der Waals surface area (Å²) in [6.07, 6.45) is 2.33. The molecule has 0 spiro atoms. The molecule has 0 amide bonds. The molecule has 1 aliphatic heterocycles. The minimum atomic E-state index is -0.132. The van der Waals surface area contributed by atoms with Crippen LogP contribution in [0.25, 0.3) is 11.4 Å². The Kier molecular flexibility index (Phi) is 9.83. The topological polar surface area (TPSA) is 92.8 Å². The molecule has 0 radical (unpaired) electrons. The lowest BCUT2D eigenvalue weighted by Crippen LogP contribution is -2.48. The number of carbonyl (C=O) groups is 1. The van der Waals surface area contributed by atoms with E-state index in [4.69, 9.17) is 20.9 Å². The van der Waals surface area contributed by atoms with Crippen LogP contribution in [0.4, 0.5) is 0 Å². The van der Waals surface area contributed by atoms with Gasteiger partial charge in [0.1, 0.15) is 0 Å². The van der Waals surface area contributed by atoms with Gasteiger partial charge in [-0.15, -0.1) is 24.0 Å². The minimum absolute atomic E-state index is 0. The van der Waals surface area contributed by atoms with E-state index in [0.717, 1.165) is 30.9 Å². The third-order valence-corrected chi connectivity index (χ3v) is 4.96. The van der Waals surface area contributed by atoms with Crippen LogP contribution in [0.3, 0.4) is 0 Å². The second-order valence-electron chi connectivity index (χ2n) is 6.78. The molecular formula is C20H27ClIN5O3. The summed E-state index contributed by atoms with van der Waals surface area (Å²) in [7, 11) is 1.74. The van der Waals surface area contributed by atoms with Crippen LogP contribution >= 0.6 is 35.6 Å². The number of aliphatic imine (C=N–C) groups is 1. The number of hydrogen-bond acceptors (Lipinski definition) is 6. The molecule has 1 aromatic heterocycles. The lowest BCUT2D eigenvalue weighted by atomic mass is 9.98. The monoisotopic (exact) mass is 547 g/mol. The lowest BCUT2D eigenvalue weighted by molar-refractivity contribution is -0.149. The molecule has 8 nitrogen and oxygen atoms in total. The maximum absolute atomic E-state index is 12.0. The van der Waals surface area contributed by atoms with Gasteiger partial charge in [-0.1, -0.05) is 28.9 Å². The SMILES string of the molecule is CCOC(=O)C1CCCN(C(=NC)NCCc2nc(-c3cccc(Cl)c3)no2)C1.I. The fourth-order valence-corrected chi connectivity index (χ4v) is 3.53. The zero-order chi connectivity index (χ0) is 20.6. The highest BCUT2D eigenvalue weighted by Gasteiger charge is 2.28. The largest absolute Gasteiger partial charge is 0.466 e. The normalized spacial score (nSPS) is 16.7. The Morgan fingerprint density at radius 1 is 1.47 bits per heavy atom. The maximum Gasteiger partial charge on any atom is 0.310 e. The molecule has 2 aromatic rings. The fourth-order valence-electron chi connectivity index (χ4n) is 3.34. The number of guanidine groups is 1. The number of halogens is 2. The van der Waals surface area contributed by atoms with E-state index in [9.17, 15) is 4.79 Å². The molecular weight excluding hydrogens is 521 g/mol. The van der Waals surface area contributed by atoms with Crippen molar-refractivity contribution < 1.29 is 14.1 Å². The van der Waals surface area contributed by atoms with Crippen LogP contribution in [0.2, 0.25) is 5.02 Å². The van der Waals surface area contributed by atoms with E-state index in [1.807, 2.05) is 19.1 Å². The van der Waals surface area contributed by atoms with E-state index in [2.05, 4.69) is 25.3 Å². The molecule has 164 valence electrons. The Labute approximate surface area is 198 Å². The Morgan fingerprint density at radius 3 is 3.03 bits per heavy atom. The van der Waals surface area contributed by atoms with Crippen molar-refractivity contribution in [2.45, 2.75) is 26.2 Å². The predicted molar refractivity (Wildman–Crippen MR) is 126 cm³/mol. The summed E-state index contributed by atoms with van der Waals surface area (Å²) in [4.78, 5) is 22.9. The molecule has 0 bridgehead atoms. The third-order valence-electron chi connectivity index (χ3n) is 4.73. The molecule has 2 heterocycles. The summed E-state index contributed by atoms with van der Waals surface area (Å²) in [6, 6.07) is 7.33. The first-order chi connectivity index (χ1) is 14.1. The number of likely N-dealkylation sites (tertiary alicyclic amines) is 1. The van der Waals surface area contributed by atoms with Crippen molar-refractivity contribution in [1.82, 2.24) is 20.4 Å². The molecule has 10 heteroatoms. The highest BCUT2D eigenvalue weighted by atomic mass is 127. The van der Waals surface area contributed by atoms with Gasteiger partial charge < -0.3 is 19.5 Å². The Balaban J connectivity index is 0.00000320. The van der Waals surface area contributed by atoms with Crippen LogP contribution in [0.1, 0.15) is 25.7 Å². The first-order valence-electron chi connectivity index (χ1n) is 9.81. The van der Waals surface area contributed by atoms with E-state index < -0.39 is 0 Å². The van der Waals surface area contributed by atoms with Crippen molar-refractivity contribution in [2.75, 3.05) is 33.3 Å². The number of hydrogen-bond donors (Lipinski definition) is 1. The van der Waals surface area contributed by atoms with Crippen LogP contribution in [0, 0.1) is 5.92 Å². The quantitative estimate of drug-likeness (QED) is 0.256. The van der Waals surface area contributed by atoms with Crippen LogP contribution in [-0.4, -0.2) is 60.3 Å². The van der Waals surface area contributed by atoms with Crippen molar-refractivity contribution in [3.63, 3.8) is 0 Å². The summed E-state index contributed by atoms with van der Waals surface area (Å²) in [6.45, 7) is 4.29. The second-order valence-corrected chi connectivity index (χ2v) is 7.22. The van der Waals surface area contributed by atoms with Crippen LogP contribution in [-0.2, 0) is 16.0 Å². The number of ether oxygens (including phenoxy) is 1. The summed E-state index contributed by atoms with van der Waals surface area (Å²) in [5.74, 6) is 1.56. The van der Waals surface area contributed by atoms with E-state index in [-0.39, 0.29) is 35.9 Å². The van der Waals surface area contributed by atoms with Crippen LogP contribution in [0.15, 0.2) is 33.8 Å². The molecule has 1 aromatic carbocycles. The molecule has 0 saturated carbocycles. The number of benzene rings is 1. The lowest BCUT2D eigenvalue weighted by Gasteiger charge is -2.33. The van der Waals surface area contributed by atoms with E-state index in [1.54, 1.807) is 19.2 Å². The summed E-state index contributed by atoms with van der Waals surface area (Å²) < 4.78 is 10.5. The van der Waals surface area contributed by atoms with Crippen molar-refractivity contribution in [3.05, 3.63) is 35.2 Å². The summed E-state index contributed by atoms with van der Waals surface area (Å²) in [5.41, 5.74) is 0.814. The molecule has 1 N–H and O–H groups in total. The van der Waals surface area contributed by atoms with Gasteiger partial charge in [0.15, 0.2) is 5.96 Å². The number of nitrogens with zero attached hydrogens (tertiary/aromatic N) is 4. The first-order valence-corrected chi connectivity index (χ1v) is 10.2. The average Bonchev–Trinajstić information content (AvgIpc) is 3.20. The van der Waals surface area contributed by atoms with Gasteiger partial charge in [0.2, 0.25) is 11.7 Å². The molecule has 1 atom stereocenters. The van der Waals surface area contributed by atoms with E-state index in [1.165, 1.54) is 0 Å². The fraction of sp³-hybridized carbons (Fsp3) is 0.500. The molecule has 0 aliphatic carbocycles. The van der Waals surface area contributed by atoms with Crippen molar-refractivity contribution >= 4 is 47.5 Å².